The van der Waals surface area contributed by atoms with Crippen LogP contribution in [0.5, 0.6) is 0 Å². The number of Topliss-reactive ketones (excluding diaryl/α,β-unsaturated/α-hetero) is 1. The van der Waals surface area contributed by atoms with Gasteiger partial charge in [0.15, 0.2) is 10.9 Å². The van der Waals surface area contributed by atoms with E-state index in [0.29, 0.717) is 12.2 Å². The Balaban J connectivity index is 2.08. The highest BCUT2D eigenvalue weighted by Gasteiger charge is 2.10. The molecule has 0 aliphatic heterocycles. The third kappa shape index (κ3) is 2.30. The molecule has 0 bridgehead atoms. The fraction of sp³-hybridized carbons (Fsp3) is 0.273. The van der Waals surface area contributed by atoms with Crippen molar-refractivity contribution in [3.63, 3.8) is 0 Å². The van der Waals surface area contributed by atoms with Crippen molar-refractivity contribution in [1.82, 2.24) is 4.98 Å². The van der Waals surface area contributed by atoms with E-state index >= 15 is 0 Å². The summed E-state index contributed by atoms with van der Waals surface area (Å²) in [5.74, 6) is 0.871. The molecule has 0 fully saturated rings. The van der Waals surface area contributed by atoms with Gasteiger partial charge in [0.25, 0.3) is 0 Å². The predicted octanol–water partition coefficient (Wildman–Crippen LogP) is 2.58. The molecule has 0 aliphatic rings. The van der Waals surface area contributed by atoms with E-state index in [9.17, 15) is 4.79 Å². The number of carbonyl (C=O) groups excluding carboxylic acids is 1. The SMILES string of the molecule is CC(=O)c1csc(N(C)Cc2ccco2)n1. The van der Waals surface area contributed by atoms with Crippen molar-refractivity contribution >= 4 is 22.3 Å². The van der Waals surface area contributed by atoms with Gasteiger partial charge in [0, 0.05) is 19.4 Å². The van der Waals surface area contributed by atoms with Gasteiger partial charge >= 0.3 is 0 Å². The molecule has 84 valence electrons. The highest BCUT2D eigenvalue weighted by Crippen LogP contribution is 2.21. The first-order chi connectivity index (χ1) is 7.66. The molecular weight excluding hydrogens is 224 g/mol. The summed E-state index contributed by atoms with van der Waals surface area (Å²) in [4.78, 5) is 17.3. The van der Waals surface area contributed by atoms with E-state index in [-0.39, 0.29) is 5.78 Å². The molecule has 2 aromatic rings. The fourth-order valence-corrected chi connectivity index (χ4v) is 2.14. The van der Waals surface area contributed by atoms with E-state index in [1.165, 1.54) is 18.3 Å². The Bertz CT molecular complexity index is 476. The van der Waals surface area contributed by atoms with Crippen molar-refractivity contribution < 1.29 is 9.21 Å². The molecule has 0 saturated carbocycles. The number of carbonyl (C=O) groups is 1. The van der Waals surface area contributed by atoms with Gasteiger partial charge in [-0.1, -0.05) is 0 Å². The van der Waals surface area contributed by atoms with Gasteiger partial charge in [-0.3, -0.25) is 4.79 Å². The first-order valence-electron chi connectivity index (χ1n) is 4.87. The van der Waals surface area contributed by atoms with Gasteiger partial charge < -0.3 is 9.32 Å². The Labute approximate surface area is 97.5 Å². The number of nitrogens with zero attached hydrogens (tertiary/aromatic N) is 2. The summed E-state index contributed by atoms with van der Waals surface area (Å²) in [5.41, 5.74) is 0.520. The Morgan fingerprint density at radius 3 is 3.00 bits per heavy atom. The van der Waals surface area contributed by atoms with Crippen molar-refractivity contribution in [1.29, 1.82) is 0 Å². The number of aromatic nitrogens is 1. The molecule has 5 heteroatoms. The van der Waals surface area contributed by atoms with Gasteiger partial charge in [-0.15, -0.1) is 11.3 Å². The summed E-state index contributed by atoms with van der Waals surface area (Å²) in [6.07, 6.45) is 1.64. The molecule has 2 heterocycles. The Morgan fingerprint density at radius 2 is 2.44 bits per heavy atom. The van der Waals surface area contributed by atoms with Gasteiger partial charge in [0.05, 0.1) is 12.8 Å². The Morgan fingerprint density at radius 1 is 1.62 bits per heavy atom. The largest absolute Gasteiger partial charge is 0.467 e. The van der Waals surface area contributed by atoms with E-state index in [4.69, 9.17) is 4.42 Å². The summed E-state index contributed by atoms with van der Waals surface area (Å²) in [7, 11) is 1.92. The molecule has 0 aliphatic carbocycles. The standard InChI is InChI=1S/C11H12N2O2S/c1-8(14)10-7-16-11(12-10)13(2)6-9-4-3-5-15-9/h3-5,7H,6H2,1-2H3. The number of ketones is 1. The third-order valence-corrected chi connectivity index (χ3v) is 3.11. The molecule has 2 aromatic heterocycles. The summed E-state index contributed by atoms with van der Waals surface area (Å²) in [5, 5.41) is 2.60. The van der Waals surface area contributed by atoms with Crippen LogP contribution in [0.2, 0.25) is 0 Å². The second-order valence-corrected chi connectivity index (χ2v) is 4.34. The number of rotatable bonds is 4. The maximum atomic E-state index is 11.1. The zero-order valence-electron chi connectivity index (χ0n) is 9.14. The normalized spacial score (nSPS) is 10.4. The Kier molecular flexibility index (Phi) is 3.05. The lowest BCUT2D eigenvalue weighted by molar-refractivity contribution is 0.101. The van der Waals surface area contributed by atoms with Crippen molar-refractivity contribution in [3.8, 4) is 0 Å². The first-order valence-corrected chi connectivity index (χ1v) is 5.75. The summed E-state index contributed by atoms with van der Waals surface area (Å²) in [6, 6.07) is 3.77. The van der Waals surface area contributed by atoms with Crippen LogP contribution in [0.3, 0.4) is 0 Å². The first kappa shape index (κ1) is 10.9. The minimum Gasteiger partial charge on any atom is -0.467 e. The molecular formula is C11H12N2O2S. The molecule has 0 aromatic carbocycles. The van der Waals surface area contributed by atoms with Gasteiger partial charge in [-0.2, -0.15) is 0 Å². The van der Waals surface area contributed by atoms with Crippen LogP contribution < -0.4 is 4.90 Å². The van der Waals surface area contributed by atoms with E-state index in [1.807, 2.05) is 24.1 Å². The second kappa shape index (κ2) is 4.49. The highest BCUT2D eigenvalue weighted by molar-refractivity contribution is 7.13. The molecule has 0 amide bonds. The summed E-state index contributed by atoms with van der Waals surface area (Å²) in [6.45, 7) is 2.17. The minimum atomic E-state index is -0.00565. The predicted molar refractivity (Wildman–Crippen MR) is 62.9 cm³/mol. The second-order valence-electron chi connectivity index (χ2n) is 3.51. The summed E-state index contributed by atoms with van der Waals surface area (Å²) >= 11 is 1.46. The molecule has 0 N–H and O–H groups in total. The van der Waals surface area contributed by atoms with E-state index in [0.717, 1.165) is 10.9 Å². The van der Waals surface area contributed by atoms with Crippen LogP contribution in [0.4, 0.5) is 5.13 Å². The third-order valence-electron chi connectivity index (χ3n) is 2.15. The van der Waals surface area contributed by atoms with Gasteiger partial charge in [-0.05, 0) is 12.1 Å². The Hall–Kier alpha value is -1.62. The lowest BCUT2D eigenvalue weighted by Gasteiger charge is -2.13. The average Bonchev–Trinajstić information content (AvgIpc) is 2.86. The summed E-state index contributed by atoms with van der Waals surface area (Å²) < 4.78 is 5.25. The maximum Gasteiger partial charge on any atom is 0.186 e. The lowest BCUT2D eigenvalue weighted by atomic mass is 10.4. The van der Waals surface area contributed by atoms with Crippen molar-refractivity contribution in [2.75, 3.05) is 11.9 Å². The quantitative estimate of drug-likeness (QED) is 0.765. The number of furan rings is 1. The zero-order valence-corrected chi connectivity index (χ0v) is 9.95. The van der Waals surface area contributed by atoms with Crippen LogP contribution in [0.15, 0.2) is 28.2 Å². The molecule has 0 radical (unpaired) electrons. The molecule has 0 unspecified atom stereocenters. The average molecular weight is 236 g/mol. The molecule has 0 spiro atoms. The van der Waals surface area contributed by atoms with Crippen LogP contribution in [0.25, 0.3) is 0 Å². The fourth-order valence-electron chi connectivity index (χ4n) is 1.31. The molecule has 0 atom stereocenters. The van der Waals surface area contributed by atoms with E-state index in [1.54, 1.807) is 11.6 Å². The highest BCUT2D eigenvalue weighted by atomic mass is 32.1. The smallest absolute Gasteiger partial charge is 0.186 e. The lowest BCUT2D eigenvalue weighted by Crippen LogP contribution is -2.15. The van der Waals surface area contributed by atoms with Crippen molar-refractivity contribution in [2.24, 2.45) is 0 Å². The van der Waals surface area contributed by atoms with Crippen LogP contribution in [0.1, 0.15) is 23.2 Å². The molecule has 16 heavy (non-hydrogen) atoms. The molecule has 0 saturated heterocycles. The van der Waals surface area contributed by atoms with Crippen molar-refractivity contribution in [3.05, 3.63) is 35.2 Å². The number of hydrogen-bond acceptors (Lipinski definition) is 5. The maximum absolute atomic E-state index is 11.1. The number of anilines is 1. The van der Waals surface area contributed by atoms with Crippen LogP contribution >= 0.6 is 11.3 Å². The minimum absolute atomic E-state index is 0.00565. The van der Waals surface area contributed by atoms with Crippen LogP contribution in [-0.2, 0) is 6.54 Å². The van der Waals surface area contributed by atoms with Gasteiger partial charge in [0.1, 0.15) is 11.5 Å². The molecule has 4 nitrogen and oxygen atoms in total. The topological polar surface area (TPSA) is 46.3 Å². The van der Waals surface area contributed by atoms with Crippen LogP contribution in [-0.4, -0.2) is 17.8 Å². The van der Waals surface area contributed by atoms with Gasteiger partial charge in [0.2, 0.25) is 0 Å². The van der Waals surface area contributed by atoms with E-state index < -0.39 is 0 Å². The van der Waals surface area contributed by atoms with Crippen LogP contribution in [0, 0.1) is 0 Å². The van der Waals surface area contributed by atoms with Crippen molar-refractivity contribution in [2.45, 2.75) is 13.5 Å². The molecule has 2 rings (SSSR count). The monoisotopic (exact) mass is 236 g/mol. The number of hydrogen-bond donors (Lipinski definition) is 0. The van der Waals surface area contributed by atoms with Gasteiger partial charge in [-0.25, -0.2) is 4.98 Å². The number of thiazole rings is 1. The zero-order chi connectivity index (χ0) is 11.5. The van der Waals surface area contributed by atoms with E-state index in [2.05, 4.69) is 4.98 Å².